The highest BCUT2D eigenvalue weighted by molar-refractivity contribution is 6.20. The number of nitro benzene ring substituents is 1. The number of hydrazone groups is 1. The first-order valence-corrected chi connectivity index (χ1v) is 9.82. The Morgan fingerprint density at radius 1 is 1.09 bits per heavy atom. The summed E-state index contributed by atoms with van der Waals surface area (Å²) in [6.45, 7) is 0. The van der Waals surface area contributed by atoms with Gasteiger partial charge < -0.3 is 9.84 Å². The largest absolute Gasteiger partial charge is 0.504 e. The standard InChI is InChI=1S/C24H18N4O5/c1-33-22-13-16(11-12-21(22)29)15-25-27-23(17-7-3-2-4-8-17)26-19(24(27)30)14-18-9-5-6-10-20(18)28(31)32/h2-15,29H,1H3/b19-14?,25-15+. The molecule has 0 aliphatic carbocycles. The summed E-state index contributed by atoms with van der Waals surface area (Å²) in [5, 5.41) is 26.6. The molecule has 1 aliphatic rings. The van der Waals surface area contributed by atoms with E-state index in [2.05, 4.69) is 10.1 Å². The fourth-order valence-corrected chi connectivity index (χ4v) is 3.21. The van der Waals surface area contributed by atoms with E-state index in [0.717, 1.165) is 5.01 Å². The van der Waals surface area contributed by atoms with E-state index in [4.69, 9.17) is 4.74 Å². The number of aliphatic imine (C=N–C) groups is 1. The van der Waals surface area contributed by atoms with Crippen LogP contribution in [0.4, 0.5) is 5.69 Å². The third-order valence-electron chi connectivity index (χ3n) is 4.82. The highest BCUT2D eigenvalue weighted by Crippen LogP contribution is 2.27. The van der Waals surface area contributed by atoms with Crippen molar-refractivity contribution in [2.75, 3.05) is 7.11 Å². The van der Waals surface area contributed by atoms with Gasteiger partial charge in [-0.3, -0.25) is 14.9 Å². The Balaban J connectivity index is 1.75. The van der Waals surface area contributed by atoms with E-state index in [1.807, 2.05) is 6.07 Å². The molecule has 9 heteroatoms. The van der Waals surface area contributed by atoms with Gasteiger partial charge in [-0.1, -0.05) is 42.5 Å². The molecule has 4 rings (SSSR count). The molecule has 0 atom stereocenters. The predicted molar refractivity (Wildman–Crippen MR) is 123 cm³/mol. The fraction of sp³-hybridized carbons (Fsp3) is 0.0417. The van der Waals surface area contributed by atoms with Crippen LogP contribution in [0.25, 0.3) is 6.08 Å². The van der Waals surface area contributed by atoms with Gasteiger partial charge in [0.2, 0.25) is 0 Å². The van der Waals surface area contributed by atoms with Crippen molar-refractivity contribution in [3.63, 3.8) is 0 Å². The molecule has 0 saturated heterocycles. The second-order valence-corrected chi connectivity index (χ2v) is 6.94. The molecule has 0 aromatic heterocycles. The molecule has 0 fully saturated rings. The van der Waals surface area contributed by atoms with Gasteiger partial charge in [-0.25, -0.2) is 4.99 Å². The molecule has 1 aliphatic heterocycles. The highest BCUT2D eigenvalue weighted by Gasteiger charge is 2.31. The zero-order valence-electron chi connectivity index (χ0n) is 17.5. The first-order valence-electron chi connectivity index (χ1n) is 9.82. The van der Waals surface area contributed by atoms with Crippen LogP contribution in [-0.2, 0) is 4.79 Å². The average molecular weight is 442 g/mol. The first kappa shape index (κ1) is 21.4. The maximum Gasteiger partial charge on any atom is 0.298 e. The van der Waals surface area contributed by atoms with Gasteiger partial charge in [0.1, 0.15) is 5.70 Å². The zero-order valence-corrected chi connectivity index (χ0v) is 17.5. The Labute approximate surface area is 188 Å². The Bertz CT molecular complexity index is 1320. The molecule has 3 aromatic carbocycles. The van der Waals surface area contributed by atoms with Crippen molar-refractivity contribution in [1.82, 2.24) is 5.01 Å². The van der Waals surface area contributed by atoms with E-state index < -0.39 is 10.8 Å². The summed E-state index contributed by atoms with van der Waals surface area (Å²) in [6, 6.07) is 19.8. The Hall–Kier alpha value is -4.79. The minimum Gasteiger partial charge on any atom is -0.504 e. The van der Waals surface area contributed by atoms with Crippen molar-refractivity contribution in [3.05, 3.63) is 105 Å². The minimum atomic E-state index is -0.533. The van der Waals surface area contributed by atoms with Gasteiger partial charge in [-0.05, 0) is 35.9 Å². The summed E-state index contributed by atoms with van der Waals surface area (Å²) >= 11 is 0. The number of amidine groups is 1. The van der Waals surface area contributed by atoms with Gasteiger partial charge in [-0.15, -0.1) is 0 Å². The molecule has 0 bridgehead atoms. The molecule has 9 nitrogen and oxygen atoms in total. The molecule has 33 heavy (non-hydrogen) atoms. The molecule has 3 aromatic rings. The molecule has 0 unspecified atom stereocenters. The number of carbonyl (C=O) groups is 1. The summed E-state index contributed by atoms with van der Waals surface area (Å²) in [5.41, 5.74) is 1.38. The lowest BCUT2D eigenvalue weighted by atomic mass is 10.1. The molecule has 1 N–H and O–H groups in total. The second-order valence-electron chi connectivity index (χ2n) is 6.94. The van der Waals surface area contributed by atoms with Crippen molar-refractivity contribution >= 4 is 29.7 Å². The quantitative estimate of drug-likeness (QED) is 0.268. The molecule has 0 radical (unpaired) electrons. The third-order valence-corrected chi connectivity index (χ3v) is 4.82. The van der Waals surface area contributed by atoms with Gasteiger partial charge in [0.25, 0.3) is 11.6 Å². The molecule has 0 saturated carbocycles. The van der Waals surface area contributed by atoms with Crippen molar-refractivity contribution < 1.29 is 19.6 Å². The van der Waals surface area contributed by atoms with Gasteiger partial charge in [-0.2, -0.15) is 10.1 Å². The normalized spacial score (nSPS) is 14.7. The van der Waals surface area contributed by atoms with Crippen LogP contribution in [0.3, 0.4) is 0 Å². The smallest absolute Gasteiger partial charge is 0.298 e. The Kier molecular flexibility index (Phi) is 5.94. The van der Waals surface area contributed by atoms with Crippen LogP contribution in [0.1, 0.15) is 16.7 Å². The minimum absolute atomic E-state index is 0.0172. The topological polar surface area (TPSA) is 118 Å². The lowest BCUT2D eigenvalue weighted by molar-refractivity contribution is -0.385. The number of phenols is 1. The van der Waals surface area contributed by atoms with Crippen molar-refractivity contribution in [3.8, 4) is 11.5 Å². The summed E-state index contributed by atoms with van der Waals surface area (Å²) in [5.74, 6) is -0.00448. The number of methoxy groups -OCH3 is 1. The molecular formula is C24H18N4O5. The summed E-state index contributed by atoms with van der Waals surface area (Å²) in [4.78, 5) is 28.4. The van der Waals surface area contributed by atoms with E-state index in [1.165, 1.54) is 31.5 Å². The van der Waals surface area contributed by atoms with Crippen molar-refractivity contribution in [2.45, 2.75) is 0 Å². The maximum atomic E-state index is 13.2. The number of para-hydroxylation sites is 1. The number of hydrogen-bond donors (Lipinski definition) is 1. The number of phenolic OH excluding ortho intramolecular Hbond substituents is 1. The molecule has 1 heterocycles. The molecular weight excluding hydrogens is 424 g/mol. The van der Waals surface area contributed by atoms with E-state index in [-0.39, 0.29) is 34.3 Å². The number of hydrogen-bond acceptors (Lipinski definition) is 7. The van der Waals surface area contributed by atoms with Crippen LogP contribution in [0.2, 0.25) is 0 Å². The number of carbonyl (C=O) groups excluding carboxylic acids is 1. The maximum absolute atomic E-state index is 13.2. The monoisotopic (exact) mass is 442 g/mol. The van der Waals surface area contributed by atoms with E-state index in [1.54, 1.807) is 54.6 Å². The molecule has 1 amide bonds. The van der Waals surface area contributed by atoms with Gasteiger partial charge in [0.15, 0.2) is 17.3 Å². The lowest BCUT2D eigenvalue weighted by Crippen LogP contribution is -2.27. The second kappa shape index (κ2) is 9.15. The van der Waals surface area contributed by atoms with Crippen LogP contribution < -0.4 is 4.74 Å². The van der Waals surface area contributed by atoms with E-state index in [0.29, 0.717) is 11.1 Å². The number of rotatable bonds is 6. The average Bonchev–Trinajstić information content (AvgIpc) is 3.14. The fourth-order valence-electron chi connectivity index (χ4n) is 3.21. The van der Waals surface area contributed by atoms with Gasteiger partial charge >= 0.3 is 0 Å². The van der Waals surface area contributed by atoms with E-state index in [9.17, 15) is 20.0 Å². The first-order chi connectivity index (χ1) is 16.0. The SMILES string of the molecule is COc1cc(/C=N/N2C(=O)C(=Cc3ccccc3[N+](=O)[O-])N=C2c2ccccc2)ccc1O. The Morgan fingerprint density at radius 3 is 2.55 bits per heavy atom. The number of amides is 1. The highest BCUT2D eigenvalue weighted by atomic mass is 16.6. The van der Waals surface area contributed by atoms with E-state index >= 15 is 0 Å². The Morgan fingerprint density at radius 2 is 1.82 bits per heavy atom. The number of benzene rings is 3. The summed E-state index contributed by atoms with van der Waals surface area (Å²) < 4.78 is 5.10. The number of ether oxygens (including phenoxy) is 1. The van der Waals surface area contributed by atoms with Crippen LogP contribution >= 0.6 is 0 Å². The number of nitrogens with zero attached hydrogens (tertiary/aromatic N) is 4. The molecule has 164 valence electrons. The van der Waals surface area contributed by atoms with Crippen molar-refractivity contribution in [2.24, 2.45) is 10.1 Å². The van der Waals surface area contributed by atoms with Crippen LogP contribution in [0.5, 0.6) is 11.5 Å². The third kappa shape index (κ3) is 4.47. The number of aromatic hydroxyl groups is 1. The zero-order chi connectivity index (χ0) is 23.4. The summed E-state index contributed by atoms with van der Waals surface area (Å²) in [7, 11) is 1.43. The number of nitro groups is 1. The van der Waals surface area contributed by atoms with Crippen LogP contribution in [0.15, 0.2) is 88.6 Å². The van der Waals surface area contributed by atoms with Crippen molar-refractivity contribution in [1.29, 1.82) is 0 Å². The molecule has 0 spiro atoms. The van der Waals surface area contributed by atoms with Gasteiger partial charge in [0.05, 0.1) is 23.8 Å². The van der Waals surface area contributed by atoms with Crippen LogP contribution in [-0.4, -0.2) is 40.1 Å². The summed E-state index contributed by atoms with van der Waals surface area (Å²) in [6.07, 6.45) is 2.81. The lowest BCUT2D eigenvalue weighted by Gasteiger charge is -2.12. The van der Waals surface area contributed by atoms with Crippen LogP contribution in [0, 0.1) is 10.1 Å². The predicted octanol–water partition coefficient (Wildman–Crippen LogP) is 3.97. The van der Waals surface area contributed by atoms with Gasteiger partial charge in [0, 0.05) is 11.6 Å².